The van der Waals surface area contributed by atoms with Crippen LogP contribution in [-0.4, -0.2) is 57.5 Å². The summed E-state index contributed by atoms with van der Waals surface area (Å²) < 4.78 is 10.9. The van der Waals surface area contributed by atoms with Crippen molar-refractivity contribution in [3.63, 3.8) is 0 Å². The number of amides is 3. The van der Waals surface area contributed by atoms with Crippen LogP contribution in [0.1, 0.15) is 13.8 Å². The summed E-state index contributed by atoms with van der Waals surface area (Å²) in [5.41, 5.74) is 5.09. The first kappa shape index (κ1) is 19.5. The van der Waals surface area contributed by atoms with Crippen molar-refractivity contribution < 1.29 is 33.8 Å². The molecule has 0 fully saturated rings. The number of nitrogens with two attached hydrogens (primary N) is 1. The van der Waals surface area contributed by atoms with Crippen LogP contribution < -0.4 is 16.4 Å². The molecule has 0 rings (SSSR count). The Morgan fingerprint density at radius 3 is 2.10 bits per heavy atom. The molecule has 0 aliphatic carbocycles. The third-order valence-electron chi connectivity index (χ3n) is 2.58. The van der Waals surface area contributed by atoms with E-state index in [-0.39, 0.29) is 0 Å². The van der Waals surface area contributed by atoms with Gasteiger partial charge in [-0.2, -0.15) is 0 Å². The van der Waals surface area contributed by atoms with Crippen LogP contribution in [0.4, 0.5) is 0 Å². The highest BCUT2D eigenvalue weighted by Gasteiger charge is 2.32. The lowest BCUT2D eigenvalue weighted by atomic mass is 10.0. The lowest BCUT2D eigenvalue weighted by Crippen LogP contribution is -2.56. The van der Waals surface area contributed by atoms with Crippen molar-refractivity contribution in [3.05, 3.63) is 0 Å². The predicted molar refractivity (Wildman–Crippen MR) is 71.9 cm³/mol. The number of hydrogen-bond acceptors (Lipinski definition) is 5. The normalized spacial score (nSPS) is 15.7. The molecule has 0 saturated heterocycles. The molecule has 3 amide bonds. The van der Waals surface area contributed by atoms with E-state index in [4.69, 9.17) is 20.6 Å². The van der Waals surface area contributed by atoms with Crippen LogP contribution in [0.2, 0.25) is 0 Å². The molecule has 0 saturated carbocycles. The molecule has 122 valence electrons. The van der Waals surface area contributed by atoms with E-state index in [0.29, 0.717) is 0 Å². The van der Waals surface area contributed by atoms with Gasteiger partial charge in [0.1, 0.15) is 12.1 Å². The molecule has 0 aliphatic rings. The first-order chi connectivity index (χ1) is 9.47. The van der Waals surface area contributed by atoms with E-state index in [1.54, 1.807) is 0 Å². The van der Waals surface area contributed by atoms with Gasteiger partial charge in [0.15, 0.2) is 0 Å². The number of hydrogen-bond donors (Lipinski definition) is 6. The van der Waals surface area contributed by atoms with E-state index in [1.165, 1.54) is 6.92 Å². The third-order valence-corrected chi connectivity index (χ3v) is 3.63. The molecule has 0 radical (unpaired) electrons. The van der Waals surface area contributed by atoms with Crippen molar-refractivity contribution >= 4 is 25.3 Å². The van der Waals surface area contributed by atoms with Crippen LogP contribution in [-0.2, 0) is 18.9 Å². The highest BCUT2D eigenvalue weighted by molar-refractivity contribution is 7.51. The molecule has 0 aromatic carbocycles. The minimum atomic E-state index is -4.39. The number of carbonyl (C=O) groups is 3. The van der Waals surface area contributed by atoms with Crippen LogP contribution in [0.5, 0.6) is 0 Å². The van der Waals surface area contributed by atoms with Crippen LogP contribution in [0, 0.1) is 5.92 Å². The minimum Gasteiger partial charge on any atom is -0.394 e. The lowest BCUT2D eigenvalue weighted by molar-refractivity contribution is -0.132. The fourth-order valence-corrected chi connectivity index (χ4v) is 2.63. The van der Waals surface area contributed by atoms with Gasteiger partial charge in [0.05, 0.1) is 12.8 Å². The molecule has 0 heterocycles. The fraction of sp³-hybridized carbons (Fsp3) is 0.700. The second kappa shape index (κ2) is 8.08. The molecule has 21 heavy (non-hydrogen) atoms. The van der Waals surface area contributed by atoms with E-state index >= 15 is 0 Å². The van der Waals surface area contributed by atoms with Crippen LogP contribution in [0.25, 0.3) is 0 Å². The maximum atomic E-state index is 11.8. The zero-order valence-corrected chi connectivity index (χ0v) is 12.5. The number of carbonyl (C=O) groups excluding carboxylic acids is 3. The summed E-state index contributed by atoms with van der Waals surface area (Å²) in [5.74, 6) is -3.36. The first-order valence-electron chi connectivity index (χ1n) is 6.00. The average molecular weight is 325 g/mol. The lowest BCUT2D eigenvalue weighted by Gasteiger charge is -2.24. The molecular weight excluding hydrogens is 305 g/mol. The summed E-state index contributed by atoms with van der Waals surface area (Å²) in [6.45, 7) is 1.77. The van der Waals surface area contributed by atoms with Gasteiger partial charge in [0, 0.05) is 6.92 Å². The topological polar surface area (TPSA) is 179 Å². The summed E-state index contributed by atoms with van der Waals surface area (Å²) in [7, 11) is -4.39. The predicted octanol–water partition coefficient (Wildman–Crippen LogP) is -2.73. The number of aliphatic hydroxyl groups excluding tert-OH is 1. The highest BCUT2D eigenvalue weighted by Crippen LogP contribution is 2.37. The Morgan fingerprint density at radius 1 is 1.24 bits per heavy atom. The van der Waals surface area contributed by atoms with Crippen molar-refractivity contribution in [3.8, 4) is 0 Å². The molecule has 0 bridgehead atoms. The molecule has 0 spiro atoms. The van der Waals surface area contributed by atoms with Gasteiger partial charge in [-0.15, -0.1) is 0 Å². The van der Waals surface area contributed by atoms with Gasteiger partial charge in [-0.05, 0) is 5.92 Å². The minimum absolute atomic E-state index is 0.567. The molecular formula is C10H20N3O7P. The summed E-state index contributed by atoms with van der Waals surface area (Å²) in [6.07, 6.45) is -0.648. The number of primary amides is 1. The van der Waals surface area contributed by atoms with E-state index in [9.17, 15) is 18.9 Å². The van der Waals surface area contributed by atoms with Gasteiger partial charge in [-0.3, -0.25) is 18.9 Å². The second-order valence-electron chi connectivity index (χ2n) is 4.65. The summed E-state index contributed by atoms with van der Waals surface area (Å²) >= 11 is 0. The zero-order valence-electron chi connectivity index (χ0n) is 11.6. The molecule has 10 nitrogen and oxygen atoms in total. The van der Waals surface area contributed by atoms with E-state index in [1.807, 2.05) is 0 Å². The summed E-state index contributed by atoms with van der Waals surface area (Å²) in [4.78, 5) is 51.7. The van der Waals surface area contributed by atoms with E-state index in [0.717, 1.165) is 6.92 Å². The van der Waals surface area contributed by atoms with Crippen molar-refractivity contribution in [2.24, 2.45) is 11.7 Å². The van der Waals surface area contributed by atoms with Crippen LogP contribution in [0.3, 0.4) is 0 Å². The van der Waals surface area contributed by atoms with Gasteiger partial charge in [0.25, 0.3) is 0 Å². The van der Waals surface area contributed by atoms with Gasteiger partial charge < -0.3 is 31.3 Å². The molecule has 7 N–H and O–H groups in total. The third kappa shape index (κ3) is 7.76. The van der Waals surface area contributed by atoms with E-state index < -0.39 is 56.1 Å². The summed E-state index contributed by atoms with van der Waals surface area (Å²) in [5, 5.41) is 13.3. The molecule has 0 aromatic heterocycles. The largest absolute Gasteiger partial charge is 0.394 e. The Balaban J connectivity index is 4.92. The molecule has 3 unspecified atom stereocenters. The Labute approximate surface area is 121 Å². The smallest absolute Gasteiger partial charge is 0.325 e. The van der Waals surface area contributed by atoms with Crippen molar-refractivity contribution in [2.45, 2.75) is 25.9 Å². The molecule has 0 aliphatic heterocycles. The Kier molecular flexibility index (Phi) is 7.51. The summed E-state index contributed by atoms with van der Waals surface area (Å²) in [6, 6.07) is -2.63. The van der Waals surface area contributed by atoms with Crippen molar-refractivity contribution in [1.82, 2.24) is 10.6 Å². The van der Waals surface area contributed by atoms with Crippen LogP contribution in [0.15, 0.2) is 0 Å². The highest BCUT2D eigenvalue weighted by atomic mass is 31.2. The van der Waals surface area contributed by atoms with Crippen molar-refractivity contribution in [2.75, 3.05) is 12.8 Å². The molecule has 0 aromatic rings. The number of aliphatic hydroxyl groups is 1. The monoisotopic (exact) mass is 325 g/mol. The van der Waals surface area contributed by atoms with Crippen molar-refractivity contribution in [1.29, 1.82) is 0 Å². The fourth-order valence-electron chi connectivity index (χ4n) is 1.67. The van der Waals surface area contributed by atoms with Gasteiger partial charge in [0.2, 0.25) is 17.7 Å². The maximum Gasteiger partial charge on any atom is 0.325 e. The first-order valence-corrected chi connectivity index (χ1v) is 7.80. The Bertz CT molecular complexity index is 450. The van der Waals surface area contributed by atoms with Gasteiger partial charge in [-0.25, -0.2) is 0 Å². The van der Waals surface area contributed by atoms with E-state index in [2.05, 4.69) is 10.6 Å². The van der Waals surface area contributed by atoms with Crippen LogP contribution >= 0.6 is 7.60 Å². The maximum absolute atomic E-state index is 11.8. The standard InChI is InChI=1S/C10H20N3O7P/c1-5(4-21(18,19)20)8(9(11)16)13-10(17)7(3-14)12-6(2)15/h5,7-8,14H,3-4H2,1-2H3,(H2,11,16)(H,12,15)(H,13,17)(H2,18,19,20). The molecule has 3 atom stereocenters. The SMILES string of the molecule is CC(=O)NC(CO)C(=O)NC(C(N)=O)C(C)CP(=O)(O)O. The average Bonchev–Trinajstić information content (AvgIpc) is 2.29. The van der Waals surface area contributed by atoms with Gasteiger partial charge >= 0.3 is 7.60 Å². The zero-order chi connectivity index (χ0) is 16.8. The Hall–Kier alpha value is -1.48. The second-order valence-corrected chi connectivity index (χ2v) is 6.34. The number of rotatable bonds is 8. The molecule has 11 heteroatoms. The Morgan fingerprint density at radius 2 is 1.76 bits per heavy atom. The van der Waals surface area contributed by atoms with Gasteiger partial charge in [-0.1, -0.05) is 6.92 Å². The quantitative estimate of drug-likeness (QED) is 0.262. The number of nitrogens with one attached hydrogen (secondary N) is 2.